The lowest BCUT2D eigenvalue weighted by atomic mass is 9.30. The van der Waals surface area contributed by atoms with Crippen molar-refractivity contribution in [3.63, 3.8) is 0 Å². The predicted molar refractivity (Wildman–Crippen MR) is 525 cm³/mol. The Kier molecular flexibility index (Phi) is 16.5. The van der Waals surface area contributed by atoms with Crippen LogP contribution in [0.25, 0.3) is 20.2 Å². The van der Waals surface area contributed by atoms with Gasteiger partial charge < -0.3 is 44.2 Å². The van der Waals surface area contributed by atoms with Crippen LogP contribution in [-0.2, 0) is 0 Å². The molecule has 0 atom stereocenters. The van der Waals surface area contributed by atoms with Crippen molar-refractivity contribution in [3.05, 3.63) is 378 Å². The third kappa shape index (κ3) is 11.2. The van der Waals surface area contributed by atoms with Crippen molar-refractivity contribution < 1.29 is 9.47 Å². The van der Waals surface area contributed by atoms with Gasteiger partial charge in [-0.3, -0.25) is 0 Å². The van der Waals surface area contributed by atoms with Gasteiger partial charge in [0, 0.05) is 121 Å². The molecule has 0 amide bonds. The molecule has 0 saturated heterocycles. The highest BCUT2D eigenvalue weighted by molar-refractivity contribution is 7.34. The molecule has 0 fully saturated rings. The summed E-state index contributed by atoms with van der Waals surface area (Å²) in [4.78, 5) is 15.3. The van der Waals surface area contributed by atoms with Crippen molar-refractivity contribution in [2.24, 2.45) is 0 Å². The number of hydrogen-bond donors (Lipinski definition) is 1. The molecule has 18 aromatic rings. The Balaban J connectivity index is 0.848. The number of nitrogens with zero attached hydrogens (tertiary/aromatic N) is 6. The first kappa shape index (κ1) is 72.8. The van der Waals surface area contributed by atoms with Gasteiger partial charge in [-0.1, -0.05) is 199 Å². The summed E-state index contributed by atoms with van der Waals surface area (Å²) in [5.74, 6) is 3.49. The maximum Gasteiger partial charge on any atom is 0.268 e. The highest BCUT2D eigenvalue weighted by atomic mass is 32.1. The molecule has 0 spiro atoms. The van der Waals surface area contributed by atoms with Crippen molar-refractivity contribution >= 4 is 225 Å². The van der Waals surface area contributed by atoms with E-state index < -0.39 is 0 Å². The lowest BCUT2D eigenvalue weighted by molar-refractivity contribution is 0.494. The van der Waals surface area contributed by atoms with Crippen LogP contribution in [0.2, 0.25) is 0 Å². The number of rotatable bonds is 12. The fourth-order valence-corrected chi connectivity index (χ4v) is 24.2. The zero-order chi connectivity index (χ0) is 82.5. The van der Waals surface area contributed by atoms with Crippen LogP contribution in [-0.4, -0.2) is 20.1 Å². The van der Waals surface area contributed by atoms with Crippen LogP contribution in [0.15, 0.2) is 328 Å². The number of hydrogen-bond acceptors (Lipinski definition) is 11. The van der Waals surface area contributed by atoms with Gasteiger partial charge in [0.2, 0.25) is 0 Å². The summed E-state index contributed by atoms with van der Waals surface area (Å²) in [6, 6.07) is 122. The summed E-state index contributed by atoms with van der Waals surface area (Å²) < 4.78 is 20.2. The number of thiophene rings is 2. The molecule has 123 heavy (non-hydrogen) atoms. The molecular weight excluding hydrogens is 1540 g/mol. The molecule has 9 nitrogen and oxygen atoms in total. The molecule has 0 radical (unpaired) electrons. The van der Waals surface area contributed by atoms with E-state index in [1.807, 2.05) is 22.7 Å². The molecule has 0 bridgehead atoms. The predicted octanol–water partition coefficient (Wildman–Crippen LogP) is 24.5. The number of benzene rings is 16. The zero-order valence-corrected chi connectivity index (χ0v) is 71.4. The van der Waals surface area contributed by atoms with E-state index in [4.69, 9.17) is 9.47 Å². The quantitative estimate of drug-likeness (QED) is 0.121. The van der Waals surface area contributed by atoms with Crippen molar-refractivity contribution in [3.8, 4) is 23.0 Å². The van der Waals surface area contributed by atoms with Crippen LogP contribution in [0.4, 0.5) is 114 Å². The molecule has 1 N–H and O–H groups in total. The number of para-hydroxylation sites is 6. The van der Waals surface area contributed by atoms with E-state index in [1.54, 1.807) is 0 Å². The lowest BCUT2D eigenvalue weighted by Crippen LogP contribution is -2.65. The Morgan fingerprint density at radius 2 is 0.569 bits per heavy atom. The van der Waals surface area contributed by atoms with Crippen molar-refractivity contribution in [1.82, 2.24) is 0 Å². The highest BCUT2D eigenvalue weighted by Crippen LogP contribution is 2.56. The number of aryl methyl sites for hydroxylation is 9. The summed E-state index contributed by atoms with van der Waals surface area (Å²) in [6.45, 7) is 19.8. The SMILES string of the molecule is Cc1cc(C)c(N2c3cc4c(cc3B3c5sc6ccccc6c5Oc5cc(N(c6ccccc6)c6ccccc6)cc2c53)B2c3cc5c(cc3N(c3c(C)cc(C)cc3C)c3cc(N(c6ccccc6)c6ccccc6)cc(c32)N4c2c(C)cc(C)cc2C)Nc2cc(N(c3ccccc3)c3ccccc3)cc3c2B5c2sc4ccccc4c2O3)c(C)c1. The van der Waals surface area contributed by atoms with Crippen LogP contribution in [0, 0.1) is 62.3 Å². The molecule has 0 unspecified atom stereocenters. The monoisotopic (exact) mass is 1620 g/mol. The third-order valence-corrected chi connectivity index (χ3v) is 28.5. The van der Waals surface area contributed by atoms with E-state index in [1.165, 1.54) is 96.3 Å². The van der Waals surface area contributed by atoms with Gasteiger partial charge in [-0.15, -0.1) is 22.7 Å². The topological polar surface area (TPSA) is 49.9 Å². The normalized spacial score (nSPS) is 13.2. The standard InChI is InChI=1S/C109H82B3N7O2S2/c1-64-48-67(4)103(68(5)49-64)117-90-62-88-84(111-100-89(113-88)54-79(114(73-32-16-10-17-33-73)74-34-18-11-19-35-74)58-96(100)120-106-82-44-28-30-46-98(82)122-108(106)111)60-85(90)110-86-61-87-92(63-91(86)118(104-69(6)50-65(2)51-70(104)7)94-56-80(55-93(117)101(94)110)115(75-36-20-12-21-37-75)76-38-22-13-23-39-76)119(105-71(8)52-66(3)53-72(105)9)95-57-81(116(77-40-24-14-25-41-77)78-42-26-15-27-43-78)59-97-102(95)112(87)109-107(121-97)83-45-29-31-47-99(83)123-109/h10-63,113H,1-9H3. The summed E-state index contributed by atoms with van der Waals surface area (Å²) in [5.41, 5.74) is 40.5. The molecule has 14 heteroatoms. The summed E-state index contributed by atoms with van der Waals surface area (Å²) in [7, 11) is 0. The number of nitrogens with one attached hydrogen (secondary N) is 1. The minimum Gasteiger partial charge on any atom is -0.457 e. The second kappa shape index (κ2) is 28.0. The molecule has 6 aliphatic rings. The number of anilines is 20. The Bertz CT molecular complexity index is 7280. The van der Waals surface area contributed by atoms with Gasteiger partial charge in [-0.2, -0.15) is 0 Å². The Morgan fingerprint density at radius 1 is 0.260 bits per heavy atom. The molecule has 2 aromatic heterocycles. The van der Waals surface area contributed by atoms with E-state index in [2.05, 4.69) is 425 Å². The maximum atomic E-state index is 7.81. The van der Waals surface area contributed by atoms with E-state index in [9.17, 15) is 0 Å². The smallest absolute Gasteiger partial charge is 0.268 e. The molecule has 0 saturated carbocycles. The second-order valence-electron chi connectivity index (χ2n) is 34.1. The van der Waals surface area contributed by atoms with Gasteiger partial charge in [-0.25, -0.2) is 0 Å². The van der Waals surface area contributed by atoms with Gasteiger partial charge in [0.25, 0.3) is 20.1 Å². The minimum absolute atomic E-state index is 0.234. The van der Waals surface area contributed by atoms with Crippen LogP contribution in [0.3, 0.4) is 0 Å². The zero-order valence-electron chi connectivity index (χ0n) is 69.7. The van der Waals surface area contributed by atoms with E-state index in [-0.39, 0.29) is 20.1 Å². The number of ether oxygens (including phenoxy) is 2. The average Bonchev–Trinajstić information content (AvgIpc) is 1.47. The molecule has 24 rings (SSSR count). The molecule has 586 valence electrons. The van der Waals surface area contributed by atoms with E-state index in [0.29, 0.717) is 0 Å². The third-order valence-electron chi connectivity index (χ3n) is 26.1. The van der Waals surface area contributed by atoms with Crippen LogP contribution < -0.4 is 92.0 Å². The first-order chi connectivity index (χ1) is 60.2. The minimum atomic E-state index is -0.377. The largest absolute Gasteiger partial charge is 0.457 e. The average molecular weight is 1620 g/mol. The van der Waals surface area contributed by atoms with Gasteiger partial charge in [0.1, 0.15) is 23.0 Å². The van der Waals surface area contributed by atoms with Crippen molar-refractivity contribution in [2.45, 2.75) is 62.3 Å². The molecule has 16 aromatic carbocycles. The van der Waals surface area contributed by atoms with E-state index >= 15 is 0 Å². The Morgan fingerprint density at radius 3 is 0.959 bits per heavy atom. The molecule has 6 aliphatic heterocycles. The summed E-state index contributed by atoms with van der Waals surface area (Å²) in [5, 5.41) is 6.54. The highest BCUT2D eigenvalue weighted by Gasteiger charge is 2.52. The van der Waals surface area contributed by atoms with Gasteiger partial charge in [-0.05, 0) is 267 Å². The Labute approximate surface area is 726 Å². The van der Waals surface area contributed by atoms with Crippen molar-refractivity contribution in [2.75, 3.05) is 34.7 Å². The molecule has 0 aliphatic carbocycles. The van der Waals surface area contributed by atoms with Gasteiger partial charge >= 0.3 is 0 Å². The molecular formula is C109H82B3N7O2S2. The fraction of sp³-hybridized carbons (Fsp3) is 0.0826. The van der Waals surface area contributed by atoms with Gasteiger partial charge in [0.05, 0.1) is 34.1 Å². The Hall–Kier alpha value is -14.2. The summed E-state index contributed by atoms with van der Waals surface area (Å²) >= 11 is 3.73. The lowest BCUT2D eigenvalue weighted by Gasteiger charge is -2.48. The van der Waals surface area contributed by atoms with E-state index in [0.717, 1.165) is 158 Å². The number of fused-ring (bicyclic) bond motifs is 16. The first-order valence-corrected chi connectivity index (χ1v) is 44.2. The van der Waals surface area contributed by atoms with Crippen molar-refractivity contribution in [1.29, 1.82) is 0 Å². The summed E-state index contributed by atoms with van der Waals surface area (Å²) in [6.07, 6.45) is 0. The van der Waals surface area contributed by atoms with Crippen LogP contribution in [0.5, 0.6) is 23.0 Å². The fourth-order valence-electron chi connectivity index (χ4n) is 21.6. The molecule has 8 heterocycles. The maximum absolute atomic E-state index is 7.81. The first-order valence-electron chi connectivity index (χ1n) is 42.6. The van der Waals surface area contributed by atoms with Gasteiger partial charge in [0.15, 0.2) is 0 Å². The van der Waals surface area contributed by atoms with Crippen LogP contribution in [0.1, 0.15) is 50.1 Å². The van der Waals surface area contributed by atoms with Crippen LogP contribution >= 0.6 is 22.7 Å². The second-order valence-corrected chi connectivity index (χ2v) is 36.3.